The summed E-state index contributed by atoms with van der Waals surface area (Å²) in [5.41, 5.74) is 0. The Hall–Kier alpha value is -0.810. The van der Waals surface area contributed by atoms with E-state index in [0.717, 1.165) is 24.0 Å². The van der Waals surface area contributed by atoms with Crippen molar-refractivity contribution in [1.82, 2.24) is 20.1 Å². The highest BCUT2D eigenvalue weighted by Crippen LogP contribution is 2.11. The van der Waals surface area contributed by atoms with Crippen molar-refractivity contribution in [1.29, 1.82) is 0 Å². The van der Waals surface area contributed by atoms with Crippen molar-refractivity contribution in [3.8, 4) is 0 Å². The maximum absolute atomic E-state index is 3.96. The lowest BCUT2D eigenvalue weighted by atomic mass is 10.6. The number of thioether (sulfide) groups is 1. The number of aromatic nitrogens is 3. The van der Waals surface area contributed by atoms with E-state index in [1.807, 2.05) is 17.7 Å². The average molecular weight is 198 g/mol. The van der Waals surface area contributed by atoms with Crippen LogP contribution in [-0.4, -0.2) is 33.6 Å². The summed E-state index contributed by atoms with van der Waals surface area (Å²) < 4.78 is 1.91. The molecule has 0 aliphatic rings. The van der Waals surface area contributed by atoms with Gasteiger partial charge in [0.25, 0.3) is 0 Å². The molecule has 1 aromatic rings. The topological polar surface area (TPSA) is 42.7 Å². The highest BCUT2D eigenvalue weighted by Gasteiger charge is 1.99. The first-order valence-corrected chi connectivity index (χ1v) is 5.11. The fraction of sp³-hybridized carbons (Fsp3) is 0.500. The molecule has 0 spiro atoms. The number of rotatable bonds is 6. The molecule has 0 amide bonds. The second kappa shape index (κ2) is 5.77. The van der Waals surface area contributed by atoms with Gasteiger partial charge in [-0.1, -0.05) is 17.8 Å². The largest absolute Gasteiger partial charge is 0.312 e. The average Bonchev–Trinajstić information content (AvgIpc) is 2.52. The minimum atomic E-state index is 0.860. The third-order valence-corrected chi connectivity index (χ3v) is 2.50. The molecule has 13 heavy (non-hydrogen) atoms. The molecule has 1 heterocycles. The van der Waals surface area contributed by atoms with Gasteiger partial charge in [-0.2, -0.15) is 0 Å². The van der Waals surface area contributed by atoms with Gasteiger partial charge in [0.1, 0.15) is 6.33 Å². The van der Waals surface area contributed by atoms with Gasteiger partial charge in [-0.25, -0.2) is 0 Å². The highest BCUT2D eigenvalue weighted by atomic mass is 32.2. The first-order chi connectivity index (χ1) is 6.34. The minimum absolute atomic E-state index is 0.860. The molecule has 1 N–H and O–H groups in total. The maximum Gasteiger partial charge on any atom is 0.190 e. The molecule has 72 valence electrons. The number of aryl methyl sites for hydroxylation is 1. The molecule has 0 atom stereocenters. The van der Waals surface area contributed by atoms with Crippen LogP contribution in [0.4, 0.5) is 0 Å². The standard InChI is InChI=1S/C8H14N4S/c1-3-4-9-5-6-13-8-11-10-7-12(8)2/h3,7,9H,1,4-6H2,2H3. The van der Waals surface area contributed by atoms with Crippen LogP contribution in [0.1, 0.15) is 0 Å². The molecule has 1 aromatic heterocycles. The molecule has 0 aliphatic heterocycles. The quantitative estimate of drug-likeness (QED) is 0.415. The van der Waals surface area contributed by atoms with E-state index >= 15 is 0 Å². The summed E-state index contributed by atoms with van der Waals surface area (Å²) in [6, 6.07) is 0. The number of hydrogen-bond donors (Lipinski definition) is 1. The van der Waals surface area contributed by atoms with Gasteiger partial charge < -0.3 is 9.88 Å². The van der Waals surface area contributed by atoms with Crippen LogP contribution in [-0.2, 0) is 7.05 Å². The molecule has 0 unspecified atom stereocenters. The van der Waals surface area contributed by atoms with Gasteiger partial charge in [-0.05, 0) is 0 Å². The van der Waals surface area contributed by atoms with E-state index in [9.17, 15) is 0 Å². The Labute approximate surface area is 82.4 Å². The van der Waals surface area contributed by atoms with Crippen LogP contribution >= 0.6 is 11.8 Å². The molecule has 0 aromatic carbocycles. The molecule has 5 heteroatoms. The molecule has 0 radical (unpaired) electrons. The Bertz CT molecular complexity index is 258. The smallest absolute Gasteiger partial charge is 0.190 e. The summed E-state index contributed by atoms with van der Waals surface area (Å²) in [7, 11) is 1.94. The first kappa shape index (κ1) is 10.3. The molecule has 1 rings (SSSR count). The third kappa shape index (κ3) is 3.61. The molecule has 0 saturated heterocycles. The molecular formula is C8H14N4S. The van der Waals surface area contributed by atoms with E-state index < -0.39 is 0 Å². The molecule has 0 saturated carbocycles. The van der Waals surface area contributed by atoms with E-state index in [1.165, 1.54) is 0 Å². The number of nitrogens with zero attached hydrogens (tertiary/aromatic N) is 3. The zero-order valence-corrected chi connectivity index (χ0v) is 8.55. The Morgan fingerprint density at radius 1 is 1.77 bits per heavy atom. The SMILES string of the molecule is C=CCNCCSc1nncn1C. The van der Waals surface area contributed by atoms with Gasteiger partial charge in [0, 0.05) is 25.9 Å². The van der Waals surface area contributed by atoms with Gasteiger partial charge in [0.2, 0.25) is 0 Å². The van der Waals surface area contributed by atoms with Crippen molar-refractivity contribution in [3.05, 3.63) is 19.0 Å². The minimum Gasteiger partial charge on any atom is -0.312 e. The fourth-order valence-electron chi connectivity index (χ4n) is 0.822. The second-order valence-corrected chi connectivity index (χ2v) is 3.63. The van der Waals surface area contributed by atoms with E-state index in [-0.39, 0.29) is 0 Å². The van der Waals surface area contributed by atoms with Crippen molar-refractivity contribution in [3.63, 3.8) is 0 Å². The van der Waals surface area contributed by atoms with E-state index in [4.69, 9.17) is 0 Å². The number of hydrogen-bond acceptors (Lipinski definition) is 4. The van der Waals surface area contributed by atoms with Gasteiger partial charge >= 0.3 is 0 Å². The van der Waals surface area contributed by atoms with Crippen LogP contribution in [0.2, 0.25) is 0 Å². The van der Waals surface area contributed by atoms with Gasteiger partial charge in [0.05, 0.1) is 0 Å². The molecule has 4 nitrogen and oxygen atoms in total. The van der Waals surface area contributed by atoms with Crippen molar-refractivity contribution >= 4 is 11.8 Å². The van der Waals surface area contributed by atoms with Crippen molar-refractivity contribution in [2.75, 3.05) is 18.8 Å². The summed E-state index contributed by atoms with van der Waals surface area (Å²) in [6.45, 7) is 5.45. The van der Waals surface area contributed by atoms with Crippen molar-refractivity contribution in [2.45, 2.75) is 5.16 Å². The van der Waals surface area contributed by atoms with Crippen molar-refractivity contribution < 1.29 is 0 Å². The normalized spacial score (nSPS) is 10.2. The lowest BCUT2D eigenvalue weighted by molar-refractivity contribution is 0.778. The summed E-state index contributed by atoms with van der Waals surface area (Å²) in [4.78, 5) is 0. The van der Waals surface area contributed by atoms with Gasteiger partial charge in [-0.15, -0.1) is 16.8 Å². The zero-order valence-electron chi connectivity index (χ0n) is 7.73. The summed E-state index contributed by atoms with van der Waals surface area (Å²) in [6.07, 6.45) is 3.56. The lowest BCUT2D eigenvalue weighted by Crippen LogP contribution is -2.16. The Kier molecular flexibility index (Phi) is 4.56. The molecule has 0 aliphatic carbocycles. The Morgan fingerprint density at radius 2 is 2.62 bits per heavy atom. The van der Waals surface area contributed by atoms with E-state index in [2.05, 4.69) is 22.1 Å². The van der Waals surface area contributed by atoms with Crippen LogP contribution in [0.25, 0.3) is 0 Å². The van der Waals surface area contributed by atoms with Crippen LogP contribution in [0.5, 0.6) is 0 Å². The molecular weight excluding hydrogens is 184 g/mol. The predicted molar refractivity (Wildman–Crippen MR) is 54.8 cm³/mol. The second-order valence-electron chi connectivity index (χ2n) is 2.57. The molecule has 0 fully saturated rings. The monoisotopic (exact) mass is 198 g/mol. The highest BCUT2D eigenvalue weighted by molar-refractivity contribution is 7.99. The predicted octanol–water partition coefficient (Wildman–Crippen LogP) is 0.683. The van der Waals surface area contributed by atoms with Gasteiger partial charge in [-0.3, -0.25) is 0 Å². The third-order valence-electron chi connectivity index (χ3n) is 1.47. The zero-order chi connectivity index (χ0) is 9.52. The van der Waals surface area contributed by atoms with E-state index in [0.29, 0.717) is 0 Å². The van der Waals surface area contributed by atoms with Gasteiger partial charge in [0.15, 0.2) is 5.16 Å². The Morgan fingerprint density at radius 3 is 3.23 bits per heavy atom. The van der Waals surface area contributed by atoms with Crippen LogP contribution < -0.4 is 5.32 Å². The lowest BCUT2D eigenvalue weighted by Gasteiger charge is -2.00. The maximum atomic E-state index is 3.96. The van der Waals surface area contributed by atoms with Crippen molar-refractivity contribution in [2.24, 2.45) is 7.05 Å². The van der Waals surface area contributed by atoms with Crippen LogP contribution in [0, 0.1) is 0 Å². The summed E-state index contributed by atoms with van der Waals surface area (Å²) >= 11 is 1.70. The van der Waals surface area contributed by atoms with E-state index in [1.54, 1.807) is 18.1 Å². The Balaban J connectivity index is 2.13. The fourth-order valence-corrected chi connectivity index (χ4v) is 1.61. The summed E-state index contributed by atoms with van der Waals surface area (Å²) in [5, 5.41) is 11.9. The first-order valence-electron chi connectivity index (χ1n) is 4.13. The summed E-state index contributed by atoms with van der Waals surface area (Å²) in [5.74, 6) is 1.00. The van der Waals surface area contributed by atoms with Crippen LogP contribution in [0.3, 0.4) is 0 Å². The van der Waals surface area contributed by atoms with Crippen LogP contribution in [0.15, 0.2) is 24.1 Å². The number of nitrogens with one attached hydrogen (secondary N) is 1. The molecule has 0 bridgehead atoms.